The first-order valence-corrected chi connectivity index (χ1v) is 5.99. The van der Waals surface area contributed by atoms with Crippen molar-refractivity contribution in [2.24, 2.45) is 5.92 Å². The van der Waals surface area contributed by atoms with Gasteiger partial charge in [0, 0.05) is 12.6 Å². The summed E-state index contributed by atoms with van der Waals surface area (Å²) in [7, 11) is 0. The molecular formula is C12H25NO. The Labute approximate surface area is 88.1 Å². The maximum atomic E-state index is 10.2. The summed E-state index contributed by atoms with van der Waals surface area (Å²) >= 11 is 0. The third-order valence-electron chi connectivity index (χ3n) is 3.54. The Kier molecular flexibility index (Phi) is 4.39. The number of aliphatic hydroxyl groups is 1. The van der Waals surface area contributed by atoms with Crippen molar-refractivity contribution < 1.29 is 5.11 Å². The Bertz CT molecular complexity index is 162. The number of hydrogen-bond acceptors (Lipinski definition) is 2. The molecule has 0 heterocycles. The van der Waals surface area contributed by atoms with E-state index in [4.69, 9.17) is 0 Å². The molecule has 0 aromatic rings. The Balaban J connectivity index is 2.28. The van der Waals surface area contributed by atoms with Crippen LogP contribution in [0.4, 0.5) is 0 Å². The summed E-state index contributed by atoms with van der Waals surface area (Å²) < 4.78 is 0. The Hall–Kier alpha value is -0.0800. The average Bonchev–Trinajstić information content (AvgIpc) is 2.15. The van der Waals surface area contributed by atoms with Crippen molar-refractivity contribution in [3.63, 3.8) is 0 Å². The monoisotopic (exact) mass is 199 g/mol. The van der Waals surface area contributed by atoms with E-state index in [9.17, 15) is 5.11 Å². The minimum absolute atomic E-state index is 0.415. The van der Waals surface area contributed by atoms with Crippen LogP contribution in [0.25, 0.3) is 0 Å². The summed E-state index contributed by atoms with van der Waals surface area (Å²) in [6.07, 6.45) is 5.63. The minimum atomic E-state index is -0.415. The van der Waals surface area contributed by atoms with Gasteiger partial charge < -0.3 is 10.4 Å². The zero-order valence-electron chi connectivity index (χ0n) is 9.84. The number of rotatable bonds is 4. The van der Waals surface area contributed by atoms with Gasteiger partial charge in [-0.25, -0.2) is 0 Å². The van der Waals surface area contributed by atoms with Crippen LogP contribution in [0.5, 0.6) is 0 Å². The molecule has 0 aromatic heterocycles. The van der Waals surface area contributed by atoms with E-state index in [1.54, 1.807) is 0 Å². The highest BCUT2D eigenvalue weighted by molar-refractivity contribution is 4.85. The van der Waals surface area contributed by atoms with Gasteiger partial charge in [-0.2, -0.15) is 0 Å². The molecule has 0 bridgehead atoms. The van der Waals surface area contributed by atoms with Crippen molar-refractivity contribution in [3.8, 4) is 0 Å². The second-order valence-electron chi connectivity index (χ2n) is 5.20. The first-order chi connectivity index (χ1) is 6.53. The van der Waals surface area contributed by atoms with Crippen LogP contribution < -0.4 is 5.32 Å². The second-order valence-corrected chi connectivity index (χ2v) is 5.20. The first kappa shape index (κ1) is 12.0. The van der Waals surface area contributed by atoms with Crippen molar-refractivity contribution in [1.29, 1.82) is 0 Å². The zero-order chi connectivity index (χ0) is 10.6. The maximum Gasteiger partial charge on any atom is 0.0771 e. The molecule has 2 heteroatoms. The van der Waals surface area contributed by atoms with Crippen molar-refractivity contribution in [1.82, 2.24) is 5.32 Å². The SMILES string of the molecule is CC(C)C(C)NCC1(O)CCCCC1. The van der Waals surface area contributed by atoms with Crippen LogP contribution in [0, 0.1) is 5.92 Å². The fourth-order valence-corrected chi connectivity index (χ4v) is 1.97. The van der Waals surface area contributed by atoms with Crippen LogP contribution >= 0.6 is 0 Å². The molecule has 0 radical (unpaired) electrons. The van der Waals surface area contributed by atoms with Crippen LogP contribution in [0.1, 0.15) is 52.9 Å². The van der Waals surface area contributed by atoms with E-state index in [-0.39, 0.29) is 0 Å². The summed E-state index contributed by atoms with van der Waals surface area (Å²) in [6.45, 7) is 7.38. The van der Waals surface area contributed by atoms with Gasteiger partial charge in [0.2, 0.25) is 0 Å². The number of nitrogens with one attached hydrogen (secondary N) is 1. The van der Waals surface area contributed by atoms with E-state index >= 15 is 0 Å². The molecule has 0 aliphatic heterocycles. The second kappa shape index (κ2) is 5.13. The molecule has 0 spiro atoms. The lowest BCUT2D eigenvalue weighted by atomic mass is 9.84. The molecule has 2 nitrogen and oxygen atoms in total. The summed E-state index contributed by atoms with van der Waals surface area (Å²) in [5, 5.41) is 13.7. The number of hydrogen-bond donors (Lipinski definition) is 2. The molecule has 1 aliphatic carbocycles. The van der Waals surface area contributed by atoms with Gasteiger partial charge in [-0.1, -0.05) is 33.1 Å². The minimum Gasteiger partial charge on any atom is -0.389 e. The predicted octanol–water partition coefficient (Wildman–Crippen LogP) is 2.32. The smallest absolute Gasteiger partial charge is 0.0771 e. The largest absolute Gasteiger partial charge is 0.389 e. The van der Waals surface area contributed by atoms with E-state index in [0.717, 1.165) is 19.4 Å². The van der Waals surface area contributed by atoms with Gasteiger partial charge in [-0.3, -0.25) is 0 Å². The lowest BCUT2D eigenvalue weighted by Gasteiger charge is -2.34. The summed E-state index contributed by atoms with van der Waals surface area (Å²) in [5.41, 5.74) is -0.415. The standard InChI is InChI=1S/C12H25NO/c1-10(2)11(3)13-9-12(14)7-5-4-6-8-12/h10-11,13-14H,4-9H2,1-3H3. The van der Waals surface area contributed by atoms with E-state index in [0.29, 0.717) is 12.0 Å². The molecule has 1 unspecified atom stereocenters. The van der Waals surface area contributed by atoms with Gasteiger partial charge in [-0.05, 0) is 25.7 Å². The van der Waals surface area contributed by atoms with E-state index in [1.165, 1.54) is 19.3 Å². The molecule has 0 saturated heterocycles. The first-order valence-electron chi connectivity index (χ1n) is 5.99. The fourth-order valence-electron chi connectivity index (χ4n) is 1.97. The highest BCUT2D eigenvalue weighted by Crippen LogP contribution is 2.27. The molecule has 1 saturated carbocycles. The molecular weight excluding hydrogens is 174 g/mol. The Morgan fingerprint density at radius 2 is 1.71 bits per heavy atom. The zero-order valence-corrected chi connectivity index (χ0v) is 9.84. The summed E-state index contributed by atoms with van der Waals surface area (Å²) in [6, 6.07) is 0.501. The molecule has 0 aromatic carbocycles. The van der Waals surface area contributed by atoms with E-state index in [1.807, 2.05) is 0 Å². The Morgan fingerprint density at radius 3 is 2.21 bits per heavy atom. The topological polar surface area (TPSA) is 32.3 Å². The van der Waals surface area contributed by atoms with Crippen LogP contribution in [-0.4, -0.2) is 23.3 Å². The fraction of sp³-hybridized carbons (Fsp3) is 1.00. The van der Waals surface area contributed by atoms with Crippen molar-refractivity contribution in [3.05, 3.63) is 0 Å². The van der Waals surface area contributed by atoms with Crippen LogP contribution in [0.2, 0.25) is 0 Å². The third kappa shape index (κ3) is 3.58. The molecule has 2 N–H and O–H groups in total. The van der Waals surface area contributed by atoms with Gasteiger partial charge in [-0.15, -0.1) is 0 Å². The summed E-state index contributed by atoms with van der Waals surface area (Å²) in [4.78, 5) is 0. The molecule has 84 valence electrons. The average molecular weight is 199 g/mol. The van der Waals surface area contributed by atoms with Crippen molar-refractivity contribution >= 4 is 0 Å². The van der Waals surface area contributed by atoms with Crippen LogP contribution in [0.3, 0.4) is 0 Å². The molecule has 14 heavy (non-hydrogen) atoms. The van der Waals surface area contributed by atoms with Crippen LogP contribution in [0.15, 0.2) is 0 Å². The molecule has 1 fully saturated rings. The van der Waals surface area contributed by atoms with Crippen molar-refractivity contribution in [2.45, 2.75) is 64.5 Å². The van der Waals surface area contributed by atoms with Crippen molar-refractivity contribution in [2.75, 3.05) is 6.54 Å². The quantitative estimate of drug-likeness (QED) is 0.728. The van der Waals surface area contributed by atoms with Gasteiger partial charge >= 0.3 is 0 Å². The van der Waals surface area contributed by atoms with Crippen LogP contribution in [-0.2, 0) is 0 Å². The third-order valence-corrected chi connectivity index (χ3v) is 3.54. The molecule has 0 amide bonds. The molecule has 1 rings (SSSR count). The van der Waals surface area contributed by atoms with E-state index in [2.05, 4.69) is 26.1 Å². The lowest BCUT2D eigenvalue weighted by molar-refractivity contribution is 0.00199. The van der Waals surface area contributed by atoms with Gasteiger partial charge in [0.05, 0.1) is 5.60 Å². The normalized spacial score (nSPS) is 23.8. The van der Waals surface area contributed by atoms with Gasteiger partial charge in [0.1, 0.15) is 0 Å². The highest BCUT2D eigenvalue weighted by atomic mass is 16.3. The Morgan fingerprint density at radius 1 is 1.14 bits per heavy atom. The highest BCUT2D eigenvalue weighted by Gasteiger charge is 2.29. The summed E-state index contributed by atoms with van der Waals surface area (Å²) in [5.74, 6) is 0.641. The van der Waals surface area contributed by atoms with Gasteiger partial charge in [0.25, 0.3) is 0 Å². The predicted molar refractivity (Wildman–Crippen MR) is 60.3 cm³/mol. The molecule has 1 aliphatic rings. The maximum absolute atomic E-state index is 10.2. The molecule has 1 atom stereocenters. The lowest BCUT2D eigenvalue weighted by Crippen LogP contribution is -2.46. The van der Waals surface area contributed by atoms with E-state index < -0.39 is 5.60 Å². The van der Waals surface area contributed by atoms with Gasteiger partial charge in [0.15, 0.2) is 0 Å².